The molecule has 0 aliphatic carbocycles. The van der Waals surface area contributed by atoms with Crippen LogP contribution in [0.1, 0.15) is 58.8 Å². The van der Waals surface area contributed by atoms with Crippen molar-refractivity contribution in [1.29, 1.82) is 0 Å². The predicted octanol–water partition coefficient (Wildman–Crippen LogP) is 7.98. The lowest BCUT2D eigenvalue weighted by atomic mass is 9.96. The van der Waals surface area contributed by atoms with Gasteiger partial charge in [0.25, 0.3) is 0 Å². The summed E-state index contributed by atoms with van der Waals surface area (Å²) in [5.41, 5.74) is 4.04. The number of methoxy groups -OCH3 is 2. The minimum Gasteiger partial charge on any atom is -0.504 e. The van der Waals surface area contributed by atoms with Crippen LogP contribution in [0.25, 0.3) is 12.2 Å². The average molecular weight is 617 g/mol. The van der Waals surface area contributed by atoms with E-state index in [9.17, 15) is 19.5 Å². The molecule has 234 valence electrons. The zero-order chi connectivity index (χ0) is 33.1. The maximum atomic E-state index is 13.1. The summed E-state index contributed by atoms with van der Waals surface area (Å²) in [6, 6.07) is 26.0. The fourth-order valence-corrected chi connectivity index (χ4v) is 4.59. The molecule has 0 fully saturated rings. The Morgan fingerprint density at radius 3 is 2.09 bits per heavy atom. The van der Waals surface area contributed by atoms with Crippen LogP contribution in [0.3, 0.4) is 0 Å². The van der Waals surface area contributed by atoms with Gasteiger partial charge in [-0.3, -0.25) is 14.4 Å². The van der Waals surface area contributed by atoms with Crippen molar-refractivity contribution in [3.63, 3.8) is 0 Å². The standard InChI is InChI=1S/C39H36O7/c1-5-27(14-15-28-17-20-34(41)36(23-28)44-3)22-33(40)19-16-29-18-21-35(37(24-29)45-4)46-39(43)26(2)31-12-9-13-32(25-31)38(42)30-10-7-6-8-11-30/h6-26,41H,5H2,1-4H3. The number of phenols is 1. The third kappa shape index (κ3) is 8.70. The van der Waals surface area contributed by atoms with Crippen LogP contribution in [-0.4, -0.2) is 36.9 Å². The van der Waals surface area contributed by atoms with E-state index < -0.39 is 11.9 Å². The van der Waals surface area contributed by atoms with Crippen molar-refractivity contribution in [3.8, 4) is 23.0 Å². The number of hydrogen-bond donors (Lipinski definition) is 1. The molecule has 0 radical (unpaired) electrons. The highest BCUT2D eigenvalue weighted by Crippen LogP contribution is 2.31. The average Bonchev–Trinajstić information content (AvgIpc) is 3.09. The number of ketones is 2. The second kappa shape index (κ2) is 15.9. The first-order valence-corrected chi connectivity index (χ1v) is 14.8. The molecular formula is C39H36O7. The van der Waals surface area contributed by atoms with Gasteiger partial charge in [0.2, 0.25) is 0 Å². The van der Waals surface area contributed by atoms with E-state index in [1.165, 1.54) is 20.3 Å². The Morgan fingerprint density at radius 2 is 1.39 bits per heavy atom. The topological polar surface area (TPSA) is 99.1 Å². The zero-order valence-corrected chi connectivity index (χ0v) is 26.2. The fraction of sp³-hybridized carbons (Fsp3) is 0.154. The second-order valence-electron chi connectivity index (χ2n) is 10.4. The van der Waals surface area contributed by atoms with Gasteiger partial charge in [-0.05, 0) is 78.1 Å². The smallest absolute Gasteiger partial charge is 0.318 e. The summed E-state index contributed by atoms with van der Waals surface area (Å²) in [6.45, 7) is 3.68. The van der Waals surface area contributed by atoms with E-state index in [4.69, 9.17) is 14.2 Å². The largest absolute Gasteiger partial charge is 0.504 e. The zero-order valence-electron chi connectivity index (χ0n) is 26.2. The summed E-state index contributed by atoms with van der Waals surface area (Å²) >= 11 is 0. The van der Waals surface area contributed by atoms with Crippen LogP contribution in [0.15, 0.2) is 115 Å². The number of carbonyl (C=O) groups excluding carboxylic acids is 3. The van der Waals surface area contributed by atoms with Gasteiger partial charge in [0, 0.05) is 11.1 Å². The van der Waals surface area contributed by atoms with Gasteiger partial charge in [0.1, 0.15) is 0 Å². The van der Waals surface area contributed by atoms with Crippen LogP contribution in [-0.2, 0) is 9.59 Å². The molecule has 0 spiro atoms. The van der Waals surface area contributed by atoms with Crippen molar-refractivity contribution >= 4 is 29.7 Å². The molecule has 0 saturated heterocycles. The van der Waals surface area contributed by atoms with Crippen LogP contribution >= 0.6 is 0 Å². The van der Waals surface area contributed by atoms with E-state index in [0.29, 0.717) is 40.2 Å². The van der Waals surface area contributed by atoms with Crippen molar-refractivity contribution in [1.82, 2.24) is 0 Å². The molecule has 46 heavy (non-hydrogen) atoms. The van der Waals surface area contributed by atoms with Gasteiger partial charge in [0.15, 0.2) is 34.6 Å². The van der Waals surface area contributed by atoms with E-state index >= 15 is 0 Å². The van der Waals surface area contributed by atoms with E-state index in [-0.39, 0.29) is 23.1 Å². The molecule has 1 N–H and O–H groups in total. The molecular weight excluding hydrogens is 580 g/mol. The molecule has 1 atom stereocenters. The molecule has 0 aliphatic heterocycles. The summed E-state index contributed by atoms with van der Waals surface area (Å²) in [6.07, 6.45) is 9.02. The predicted molar refractivity (Wildman–Crippen MR) is 179 cm³/mol. The van der Waals surface area contributed by atoms with Gasteiger partial charge in [-0.15, -0.1) is 0 Å². The lowest BCUT2D eigenvalue weighted by Crippen LogP contribution is -2.17. The monoisotopic (exact) mass is 616 g/mol. The highest BCUT2D eigenvalue weighted by molar-refractivity contribution is 6.09. The molecule has 0 bridgehead atoms. The van der Waals surface area contributed by atoms with Gasteiger partial charge in [-0.1, -0.05) is 85.8 Å². The number of rotatable bonds is 13. The van der Waals surface area contributed by atoms with Crippen LogP contribution in [0.5, 0.6) is 23.0 Å². The van der Waals surface area contributed by atoms with Crippen LogP contribution in [0.4, 0.5) is 0 Å². The van der Waals surface area contributed by atoms with E-state index in [1.54, 1.807) is 104 Å². The van der Waals surface area contributed by atoms with Gasteiger partial charge >= 0.3 is 5.97 Å². The summed E-state index contributed by atoms with van der Waals surface area (Å²) in [5.74, 6) is -0.463. The fourth-order valence-electron chi connectivity index (χ4n) is 4.59. The number of hydrogen-bond acceptors (Lipinski definition) is 7. The third-order valence-electron chi connectivity index (χ3n) is 7.31. The molecule has 4 rings (SSSR count). The van der Waals surface area contributed by atoms with E-state index in [0.717, 1.165) is 11.1 Å². The number of ether oxygens (including phenoxy) is 3. The molecule has 4 aromatic carbocycles. The molecule has 0 aliphatic rings. The number of allylic oxidation sites excluding steroid dienone is 4. The number of aromatic hydroxyl groups is 1. The van der Waals surface area contributed by atoms with Gasteiger partial charge < -0.3 is 19.3 Å². The summed E-state index contributed by atoms with van der Waals surface area (Å²) in [5, 5.41) is 9.78. The Bertz CT molecular complexity index is 1800. The van der Waals surface area contributed by atoms with Crippen molar-refractivity contribution in [2.24, 2.45) is 0 Å². The molecule has 0 amide bonds. The minimum absolute atomic E-state index is 0.0581. The van der Waals surface area contributed by atoms with Gasteiger partial charge in [0.05, 0.1) is 20.1 Å². The Morgan fingerprint density at radius 1 is 0.739 bits per heavy atom. The lowest BCUT2D eigenvalue weighted by molar-refractivity contribution is -0.135. The quantitative estimate of drug-likeness (QED) is 0.0535. The SMILES string of the molecule is CCC(C=Cc1ccc(O)c(OC)c1)=CC(=O)C=Cc1ccc(OC(=O)C(C)c2cccc(C(=O)c3ccccc3)c2)c(OC)c1. The maximum absolute atomic E-state index is 13.1. The minimum atomic E-state index is -0.643. The van der Waals surface area contributed by atoms with Gasteiger partial charge in [-0.2, -0.15) is 0 Å². The summed E-state index contributed by atoms with van der Waals surface area (Å²) in [4.78, 5) is 38.7. The Labute approximate surface area is 269 Å². The van der Waals surface area contributed by atoms with E-state index in [2.05, 4.69) is 0 Å². The molecule has 4 aromatic rings. The summed E-state index contributed by atoms with van der Waals surface area (Å²) < 4.78 is 16.3. The Kier molecular flexibility index (Phi) is 11.5. The molecule has 1 unspecified atom stereocenters. The molecule has 0 heterocycles. The van der Waals surface area contributed by atoms with Crippen molar-refractivity contribution in [2.75, 3.05) is 14.2 Å². The van der Waals surface area contributed by atoms with Crippen molar-refractivity contribution in [3.05, 3.63) is 143 Å². The van der Waals surface area contributed by atoms with Crippen LogP contribution in [0, 0.1) is 0 Å². The highest BCUT2D eigenvalue weighted by atomic mass is 16.6. The number of phenolic OH excluding ortho intramolecular Hbond substituents is 1. The first-order chi connectivity index (χ1) is 22.2. The van der Waals surface area contributed by atoms with Crippen molar-refractivity contribution < 1.29 is 33.7 Å². The molecule has 7 heteroatoms. The van der Waals surface area contributed by atoms with E-state index in [1.807, 2.05) is 25.1 Å². The first-order valence-electron chi connectivity index (χ1n) is 14.8. The normalized spacial score (nSPS) is 12.2. The second-order valence-corrected chi connectivity index (χ2v) is 10.4. The number of carbonyl (C=O) groups is 3. The lowest BCUT2D eigenvalue weighted by Gasteiger charge is -2.15. The molecule has 0 aromatic heterocycles. The Balaban J connectivity index is 1.42. The van der Waals surface area contributed by atoms with Crippen LogP contribution in [0.2, 0.25) is 0 Å². The Hall–Kier alpha value is -5.69. The van der Waals surface area contributed by atoms with Crippen molar-refractivity contribution in [2.45, 2.75) is 26.2 Å². The maximum Gasteiger partial charge on any atom is 0.318 e. The first kappa shape index (κ1) is 33.2. The molecule has 7 nitrogen and oxygen atoms in total. The number of esters is 1. The summed E-state index contributed by atoms with van der Waals surface area (Å²) in [7, 11) is 2.96. The van der Waals surface area contributed by atoms with Gasteiger partial charge in [-0.25, -0.2) is 0 Å². The molecule has 0 saturated carbocycles. The third-order valence-corrected chi connectivity index (χ3v) is 7.31. The number of benzene rings is 4. The highest BCUT2D eigenvalue weighted by Gasteiger charge is 2.21. The van der Waals surface area contributed by atoms with Crippen LogP contribution < -0.4 is 14.2 Å².